The molecule has 0 spiro atoms. The van der Waals surface area contributed by atoms with Crippen molar-refractivity contribution in [3.8, 4) is 0 Å². The first kappa shape index (κ1) is 22.5. The van der Waals surface area contributed by atoms with Crippen LogP contribution in [0.3, 0.4) is 0 Å². The van der Waals surface area contributed by atoms with Gasteiger partial charge in [-0.15, -0.1) is 0 Å². The van der Waals surface area contributed by atoms with E-state index in [2.05, 4.69) is 5.32 Å². The van der Waals surface area contributed by atoms with Gasteiger partial charge in [-0.2, -0.15) is 0 Å². The molecular formula is C23H24N2O5S. The minimum absolute atomic E-state index is 0.0269. The molecule has 7 nitrogen and oxygen atoms in total. The maximum absolute atomic E-state index is 12.3. The number of benzene rings is 3. The normalized spacial score (nSPS) is 12.5. The summed E-state index contributed by atoms with van der Waals surface area (Å²) in [5, 5.41) is 4.93. The molecule has 162 valence electrons. The van der Waals surface area contributed by atoms with Gasteiger partial charge in [0.2, 0.25) is 10.0 Å². The van der Waals surface area contributed by atoms with E-state index in [0.717, 1.165) is 20.6 Å². The minimum Gasteiger partial charge on any atom is -0.452 e. The molecule has 0 aromatic heterocycles. The van der Waals surface area contributed by atoms with E-state index in [0.29, 0.717) is 0 Å². The Morgan fingerprint density at radius 1 is 1.00 bits per heavy atom. The lowest BCUT2D eigenvalue weighted by Crippen LogP contribution is -2.31. The lowest BCUT2D eigenvalue weighted by atomic mass is 10.00. The Morgan fingerprint density at radius 2 is 1.68 bits per heavy atom. The minimum atomic E-state index is -3.68. The van der Waals surface area contributed by atoms with Crippen LogP contribution in [-0.4, -0.2) is 45.3 Å². The van der Waals surface area contributed by atoms with Crippen LogP contribution in [0, 0.1) is 0 Å². The number of hydrogen-bond donors (Lipinski definition) is 1. The maximum Gasteiger partial charge on any atom is 0.338 e. The molecular weight excluding hydrogens is 416 g/mol. The van der Waals surface area contributed by atoms with Crippen LogP contribution in [0.4, 0.5) is 0 Å². The monoisotopic (exact) mass is 440 g/mol. The molecule has 3 aromatic rings. The van der Waals surface area contributed by atoms with Gasteiger partial charge < -0.3 is 10.1 Å². The van der Waals surface area contributed by atoms with E-state index in [9.17, 15) is 18.0 Å². The van der Waals surface area contributed by atoms with Crippen LogP contribution < -0.4 is 5.32 Å². The second kappa shape index (κ2) is 9.28. The molecule has 1 amide bonds. The first-order chi connectivity index (χ1) is 14.7. The molecule has 1 unspecified atom stereocenters. The molecule has 1 atom stereocenters. The van der Waals surface area contributed by atoms with Gasteiger partial charge in [-0.3, -0.25) is 4.79 Å². The summed E-state index contributed by atoms with van der Waals surface area (Å²) in [6.45, 7) is 1.38. The summed E-state index contributed by atoms with van der Waals surface area (Å²) in [5.41, 5.74) is 1.01. The molecule has 0 fully saturated rings. The predicted octanol–water partition coefficient (Wildman–Crippen LogP) is 3.12. The van der Waals surface area contributed by atoms with E-state index in [-0.39, 0.29) is 16.5 Å². The molecule has 0 bridgehead atoms. The highest BCUT2D eigenvalue weighted by molar-refractivity contribution is 7.89. The molecule has 0 saturated heterocycles. The first-order valence-electron chi connectivity index (χ1n) is 9.67. The second-order valence-corrected chi connectivity index (χ2v) is 9.40. The lowest BCUT2D eigenvalue weighted by molar-refractivity contribution is -0.124. The van der Waals surface area contributed by atoms with Crippen molar-refractivity contribution in [2.45, 2.75) is 17.9 Å². The summed E-state index contributed by atoms with van der Waals surface area (Å²) >= 11 is 0. The van der Waals surface area contributed by atoms with Gasteiger partial charge in [0, 0.05) is 14.1 Å². The number of sulfonamides is 1. The Morgan fingerprint density at radius 3 is 2.42 bits per heavy atom. The third kappa shape index (κ3) is 5.10. The van der Waals surface area contributed by atoms with Crippen LogP contribution in [0.1, 0.15) is 28.9 Å². The quantitative estimate of drug-likeness (QED) is 0.570. The van der Waals surface area contributed by atoms with Crippen LogP contribution in [0.2, 0.25) is 0 Å². The number of amides is 1. The summed E-state index contributed by atoms with van der Waals surface area (Å²) in [5.74, 6) is -1.23. The third-order valence-electron chi connectivity index (χ3n) is 4.85. The lowest BCUT2D eigenvalue weighted by Gasteiger charge is -2.17. The van der Waals surface area contributed by atoms with Gasteiger partial charge in [0.15, 0.2) is 6.61 Å². The van der Waals surface area contributed by atoms with Crippen molar-refractivity contribution >= 4 is 32.7 Å². The molecule has 1 N–H and O–H groups in total. The van der Waals surface area contributed by atoms with Crippen molar-refractivity contribution < 1.29 is 22.7 Å². The third-order valence-corrected chi connectivity index (χ3v) is 6.66. The zero-order chi connectivity index (χ0) is 22.6. The zero-order valence-corrected chi connectivity index (χ0v) is 18.3. The molecule has 0 radical (unpaired) electrons. The summed E-state index contributed by atoms with van der Waals surface area (Å²) in [6, 6.07) is 19.0. The fourth-order valence-electron chi connectivity index (χ4n) is 3.20. The van der Waals surface area contributed by atoms with Crippen molar-refractivity contribution in [2.24, 2.45) is 0 Å². The highest BCUT2D eigenvalue weighted by Crippen LogP contribution is 2.24. The zero-order valence-electron chi connectivity index (χ0n) is 17.5. The van der Waals surface area contributed by atoms with E-state index in [1.165, 1.54) is 38.4 Å². The fraction of sp³-hybridized carbons (Fsp3) is 0.217. The van der Waals surface area contributed by atoms with Crippen molar-refractivity contribution in [1.82, 2.24) is 9.62 Å². The number of nitrogens with one attached hydrogen (secondary N) is 1. The van der Waals surface area contributed by atoms with Crippen molar-refractivity contribution in [1.29, 1.82) is 0 Å². The van der Waals surface area contributed by atoms with Gasteiger partial charge >= 0.3 is 5.97 Å². The number of hydrogen-bond acceptors (Lipinski definition) is 5. The van der Waals surface area contributed by atoms with Gasteiger partial charge in [-0.05, 0) is 41.5 Å². The highest BCUT2D eigenvalue weighted by atomic mass is 32.2. The molecule has 0 aliphatic rings. The molecule has 0 saturated carbocycles. The number of ether oxygens (including phenoxy) is 1. The standard InChI is InChI=1S/C23H24N2O5S/c1-16(20-13-7-9-17-8-4-5-12-21(17)20)24-22(26)15-30-23(27)18-10-6-11-19(14-18)31(28,29)25(2)3/h4-14,16H,15H2,1-3H3,(H,24,26). The van der Waals surface area contributed by atoms with Crippen molar-refractivity contribution in [3.63, 3.8) is 0 Å². The number of carbonyl (C=O) groups is 2. The van der Waals surface area contributed by atoms with Gasteiger partial charge in [-0.25, -0.2) is 17.5 Å². The highest BCUT2D eigenvalue weighted by Gasteiger charge is 2.20. The first-order valence-corrected chi connectivity index (χ1v) is 11.1. The average Bonchev–Trinajstić information content (AvgIpc) is 2.77. The maximum atomic E-state index is 12.3. The Balaban J connectivity index is 1.64. The molecule has 31 heavy (non-hydrogen) atoms. The Bertz CT molecular complexity index is 1220. The molecule has 0 heterocycles. The van der Waals surface area contributed by atoms with Crippen LogP contribution in [0.5, 0.6) is 0 Å². The number of esters is 1. The largest absolute Gasteiger partial charge is 0.452 e. The van der Waals surface area contributed by atoms with E-state index in [1.807, 2.05) is 49.4 Å². The summed E-state index contributed by atoms with van der Waals surface area (Å²) in [7, 11) is -0.873. The van der Waals surface area contributed by atoms with Crippen molar-refractivity contribution in [3.05, 3.63) is 77.9 Å². The summed E-state index contributed by atoms with van der Waals surface area (Å²) in [6.07, 6.45) is 0. The summed E-state index contributed by atoms with van der Waals surface area (Å²) < 4.78 is 30.6. The number of nitrogens with zero attached hydrogens (tertiary/aromatic N) is 1. The van der Waals surface area contributed by atoms with E-state index >= 15 is 0 Å². The molecule has 0 aliphatic carbocycles. The van der Waals surface area contributed by atoms with Crippen LogP contribution >= 0.6 is 0 Å². The second-order valence-electron chi connectivity index (χ2n) is 7.25. The Kier molecular flexibility index (Phi) is 6.72. The molecule has 0 aliphatic heterocycles. The molecule has 3 aromatic carbocycles. The van der Waals surface area contributed by atoms with Crippen LogP contribution in [-0.2, 0) is 19.6 Å². The van der Waals surface area contributed by atoms with E-state index < -0.39 is 28.5 Å². The van der Waals surface area contributed by atoms with Gasteiger partial charge in [0.05, 0.1) is 16.5 Å². The van der Waals surface area contributed by atoms with E-state index in [1.54, 1.807) is 0 Å². The predicted molar refractivity (Wildman–Crippen MR) is 118 cm³/mol. The van der Waals surface area contributed by atoms with E-state index in [4.69, 9.17) is 4.74 Å². The number of rotatable bonds is 7. The van der Waals surface area contributed by atoms with Gasteiger partial charge in [0.1, 0.15) is 0 Å². The SMILES string of the molecule is CC(NC(=O)COC(=O)c1cccc(S(=O)(=O)N(C)C)c1)c1cccc2ccccc12. The molecule has 3 rings (SSSR count). The van der Waals surface area contributed by atoms with Gasteiger partial charge in [-0.1, -0.05) is 48.5 Å². The Labute approximate surface area is 181 Å². The van der Waals surface area contributed by atoms with Gasteiger partial charge in [0.25, 0.3) is 5.91 Å². The topological polar surface area (TPSA) is 92.8 Å². The molecule has 8 heteroatoms. The summed E-state index contributed by atoms with van der Waals surface area (Å²) in [4.78, 5) is 24.6. The van der Waals surface area contributed by atoms with Crippen LogP contribution in [0.25, 0.3) is 10.8 Å². The number of carbonyl (C=O) groups excluding carboxylic acids is 2. The van der Waals surface area contributed by atoms with Crippen molar-refractivity contribution in [2.75, 3.05) is 20.7 Å². The smallest absolute Gasteiger partial charge is 0.338 e. The Hall–Kier alpha value is -3.23. The number of fused-ring (bicyclic) bond motifs is 1. The fourth-order valence-corrected chi connectivity index (χ4v) is 4.15. The van der Waals surface area contributed by atoms with Crippen LogP contribution in [0.15, 0.2) is 71.6 Å². The average molecular weight is 441 g/mol.